The van der Waals surface area contributed by atoms with Gasteiger partial charge in [-0.25, -0.2) is 0 Å². The highest BCUT2D eigenvalue weighted by Gasteiger charge is 2.48. The molecule has 214 valence electrons. The Bertz CT molecular complexity index is 1260. The van der Waals surface area contributed by atoms with E-state index in [4.69, 9.17) is 23.7 Å². The summed E-state index contributed by atoms with van der Waals surface area (Å²) in [6, 6.07) is 15.2. The van der Waals surface area contributed by atoms with Crippen molar-refractivity contribution in [3.05, 3.63) is 88.2 Å². The molecular formula is C35H44O5. The summed E-state index contributed by atoms with van der Waals surface area (Å²) in [5, 5.41) is 0. The molecule has 2 aliphatic carbocycles. The fraction of sp³-hybridized carbons (Fsp3) is 0.486. The third-order valence-electron chi connectivity index (χ3n) is 8.20. The summed E-state index contributed by atoms with van der Waals surface area (Å²) in [5.41, 5.74) is 7.12. The second kappa shape index (κ2) is 13.1. The Hall–Kier alpha value is -3.02. The molecule has 3 aliphatic rings. The number of hydrogen-bond acceptors (Lipinski definition) is 5. The standard InChI is InChI=1S/C35H44O5/c1-5-36-19-21-38-29-13-9-27(10-14-29)35(28-11-15-30(16-12-28)39-22-20-37-6-2)33-23-25(3)7-17-31(33)32-18-8-26(4)24-34(32)40-35/h8-11,13-15,18,24-25H,5-7,12,16-17,19-23H2,1-4H3. The zero-order valence-corrected chi connectivity index (χ0v) is 24.6. The highest BCUT2D eigenvalue weighted by Crippen LogP contribution is 2.56. The van der Waals surface area contributed by atoms with E-state index in [9.17, 15) is 0 Å². The molecule has 2 atom stereocenters. The molecule has 1 heterocycles. The fourth-order valence-corrected chi connectivity index (χ4v) is 6.19. The van der Waals surface area contributed by atoms with Crippen LogP contribution >= 0.6 is 0 Å². The van der Waals surface area contributed by atoms with Gasteiger partial charge >= 0.3 is 0 Å². The number of ether oxygens (including phenoxy) is 5. The largest absolute Gasteiger partial charge is 0.496 e. The molecule has 0 bridgehead atoms. The first-order valence-electron chi connectivity index (χ1n) is 15.0. The van der Waals surface area contributed by atoms with Crippen LogP contribution in [0.2, 0.25) is 0 Å². The molecule has 5 heteroatoms. The van der Waals surface area contributed by atoms with Crippen molar-refractivity contribution in [3.63, 3.8) is 0 Å². The number of aryl methyl sites for hydroxylation is 1. The molecule has 0 radical (unpaired) electrons. The maximum absolute atomic E-state index is 7.27. The van der Waals surface area contributed by atoms with E-state index in [1.165, 1.54) is 34.3 Å². The maximum atomic E-state index is 7.27. The third kappa shape index (κ3) is 6.01. The van der Waals surface area contributed by atoms with Crippen molar-refractivity contribution in [1.29, 1.82) is 0 Å². The first-order valence-corrected chi connectivity index (χ1v) is 15.0. The number of hydrogen-bond donors (Lipinski definition) is 0. The van der Waals surface area contributed by atoms with Gasteiger partial charge in [-0.3, -0.25) is 0 Å². The highest BCUT2D eigenvalue weighted by atomic mass is 16.5. The maximum Gasteiger partial charge on any atom is 0.177 e. The Labute approximate surface area is 239 Å². The Kier molecular flexibility index (Phi) is 9.33. The van der Waals surface area contributed by atoms with Crippen molar-refractivity contribution >= 4 is 5.57 Å². The molecule has 2 unspecified atom stereocenters. The minimum Gasteiger partial charge on any atom is -0.496 e. The SMILES string of the molecule is CCOCCOC1=CC=C(C2(c3ccc(OCCOCC)cc3)Oc3cc(C)ccc3C3=C2CC(C)CC3)CC1. The molecule has 0 spiro atoms. The first-order chi connectivity index (χ1) is 19.5. The minimum absolute atomic E-state index is 0.538. The van der Waals surface area contributed by atoms with Gasteiger partial charge in [-0.05, 0) is 98.9 Å². The van der Waals surface area contributed by atoms with E-state index < -0.39 is 5.60 Å². The lowest BCUT2D eigenvalue weighted by atomic mass is 9.66. The second-order valence-corrected chi connectivity index (χ2v) is 11.0. The predicted octanol–water partition coefficient (Wildman–Crippen LogP) is 7.93. The molecule has 0 N–H and O–H groups in total. The van der Waals surface area contributed by atoms with Crippen molar-refractivity contribution < 1.29 is 23.7 Å². The summed E-state index contributed by atoms with van der Waals surface area (Å²) in [6.45, 7) is 12.2. The van der Waals surface area contributed by atoms with Crippen LogP contribution in [0.5, 0.6) is 11.5 Å². The smallest absolute Gasteiger partial charge is 0.177 e. The lowest BCUT2D eigenvalue weighted by molar-refractivity contribution is 0.0789. The quantitative estimate of drug-likeness (QED) is 0.254. The summed E-state index contributed by atoms with van der Waals surface area (Å²) < 4.78 is 30.2. The van der Waals surface area contributed by atoms with E-state index in [1.807, 2.05) is 13.8 Å². The molecule has 0 amide bonds. The van der Waals surface area contributed by atoms with Gasteiger partial charge in [-0.15, -0.1) is 0 Å². The van der Waals surface area contributed by atoms with Crippen LogP contribution in [-0.2, 0) is 19.8 Å². The summed E-state index contributed by atoms with van der Waals surface area (Å²) in [4.78, 5) is 0. The molecule has 5 nitrogen and oxygen atoms in total. The number of benzene rings is 2. The summed E-state index contributed by atoms with van der Waals surface area (Å²) in [6.07, 6.45) is 9.40. The van der Waals surface area contributed by atoms with Crippen LogP contribution in [0.3, 0.4) is 0 Å². The van der Waals surface area contributed by atoms with Gasteiger partial charge < -0.3 is 23.7 Å². The van der Waals surface area contributed by atoms with Crippen molar-refractivity contribution in [2.24, 2.45) is 5.92 Å². The Balaban J connectivity index is 1.56. The van der Waals surface area contributed by atoms with Crippen molar-refractivity contribution in [1.82, 2.24) is 0 Å². The van der Waals surface area contributed by atoms with Crippen LogP contribution in [0.25, 0.3) is 5.57 Å². The number of allylic oxidation sites excluding steroid dienone is 4. The Morgan fingerprint density at radius 3 is 2.30 bits per heavy atom. The van der Waals surface area contributed by atoms with Crippen LogP contribution < -0.4 is 9.47 Å². The molecule has 2 aromatic rings. The third-order valence-corrected chi connectivity index (χ3v) is 8.20. The van der Waals surface area contributed by atoms with Gasteiger partial charge in [0.15, 0.2) is 5.60 Å². The molecule has 0 saturated carbocycles. The van der Waals surface area contributed by atoms with Gasteiger partial charge in [0.1, 0.15) is 24.7 Å². The number of rotatable bonds is 12. The van der Waals surface area contributed by atoms with Crippen LogP contribution in [0, 0.1) is 12.8 Å². The normalized spacial score (nSPS) is 22.1. The average molecular weight is 545 g/mol. The van der Waals surface area contributed by atoms with Crippen LogP contribution in [0.15, 0.2) is 71.5 Å². The fourth-order valence-electron chi connectivity index (χ4n) is 6.19. The van der Waals surface area contributed by atoms with Gasteiger partial charge in [-0.2, -0.15) is 0 Å². The summed E-state index contributed by atoms with van der Waals surface area (Å²) in [7, 11) is 0. The van der Waals surface area contributed by atoms with Gasteiger partial charge in [0.05, 0.1) is 19.0 Å². The monoisotopic (exact) mass is 544 g/mol. The van der Waals surface area contributed by atoms with E-state index in [2.05, 4.69) is 68.5 Å². The van der Waals surface area contributed by atoms with Gasteiger partial charge in [0.2, 0.25) is 0 Å². The zero-order chi connectivity index (χ0) is 28.0. The van der Waals surface area contributed by atoms with Crippen LogP contribution in [0.1, 0.15) is 69.6 Å². The van der Waals surface area contributed by atoms with Gasteiger partial charge in [-0.1, -0.05) is 37.3 Å². The molecular weight excluding hydrogens is 500 g/mol. The van der Waals surface area contributed by atoms with Crippen molar-refractivity contribution in [3.8, 4) is 11.5 Å². The minimum atomic E-state index is -0.651. The Morgan fingerprint density at radius 1 is 0.850 bits per heavy atom. The van der Waals surface area contributed by atoms with Crippen molar-refractivity contribution in [2.45, 2.75) is 65.4 Å². The zero-order valence-electron chi connectivity index (χ0n) is 24.6. The van der Waals surface area contributed by atoms with Gasteiger partial charge in [0.25, 0.3) is 0 Å². The molecule has 5 rings (SSSR count). The van der Waals surface area contributed by atoms with E-state index >= 15 is 0 Å². The summed E-state index contributed by atoms with van der Waals surface area (Å²) in [5.74, 6) is 3.44. The molecule has 40 heavy (non-hydrogen) atoms. The first kappa shape index (κ1) is 28.5. The molecule has 0 aromatic heterocycles. The van der Waals surface area contributed by atoms with E-state index in [0.29, 0.717) is 45.6 Å². The Morgan fingerprint density at radius 2 is 1.60 bits per heavy atom. The second-order valence-electron chi connectivity index (χ2n) is 11.0. The van der Waals surface area contributed by atoms with Crippen LogP contribution in [0.4, 0.5) is 0 Å². The molecule has 1 aliphatic heterocycles. The molecule has 0 fully saturated rings. The van der Waals surface area contributed by atoms with E-state index in [-0.39, 0.29) is 0 Å². The van der Waals surface area contributed by atoms with E-state index in [0.717, 1.165) is 48.5 Å². The van der Waals surface area contributed by atoms with Crippen LogP contribution in [-0.4, -0.2) is 39.6 Å². The van der Waals surface area contributed by atoms with Gasteiger partial charge in [0, 0.05) is 30.8 Å². The lowest BCUT2D eigenvalue weighted by Crippen LogP contribution is -2.42. The topological polar surface area (TPSA) is 46.2 Å². The highest BCUT2D eigenvalue weighted by molar-refractivity contribution is 5.79. The van der Waals surface area contributed by atoms with E-state index in [1.54, 1.807) is 0 Å². The summed E-state index contributed by atoms with van der Waals surface area (Å²) >= 11 is 0. The van der Waals surface area contributed by atoms with Crippen molar-refractivity contribution in [2.75, 3.05) is 39.6 Å². The predicted molar refractivity (Wildman–Crippen MR) is 160 cm³/mol. The average Bonchev–Trinajstić information content (AvgIpc) is 2.97. The molecule has 2 aromatic carbocycles. The lowest BCUT2D eigenvalue weighted by Gasteiger charge is -2.47. The number of fused-ring (bicyclic) bond motifs is 2. The molecule has 0 saturated heterocycles.